The van der Waals surface area contributed by atoms with Crippen molar-refractivity contribution in [2.75, 3.05) is 5.32 Å². The van der Waals surface area contributed by atoms with Crippen LogP contribution in [0.2, 0.25) is 10.0 Å². The number of fused-ring (bicyclic) bond motifs is 1. The van der Waals surface area contributed by atoms with Gasteiger partial charge in [-0.2, -0.15) is 9.61 Å². The molecule has 1 N–H and O–H groups in total. The molecule has 0 unspecified atom stereocenters. The fraction of sp³-hybridized carbons (Fsp3) is 0.0476. The molecule has 5 aromatic rings. The van der Waals surface area contributed by atoms with Crippen LogP contribution >= 0.6 is 34.5 Å². The van der Waals surface area contributed by atoms with E-state index in [0.29, 0.717) is 27.1 Å². The van der Waals surface area contributed by atoms with Gasteiger partial charge >= 0.3 is 0 Å². The molecule has 0 aliphatic carbocycles. The molecule has 1 amide bonds. The lowest BCUT2D eigenvalue weighted by Crippen LogP contribution is -2.10. The predicted octanol–water partition coefficient (Wildman–Crippen LogP) is 5.98. The highest BCUT2D eigenvalue weighted by Crippen LogP contribution is 2.32. The van der Waals surface area contributed by atoms with E-state index >= 15 is 0 Å². The zero-order valence-electron chi connectivity index (χ0n) is 16.0. The number of furan rings is 1. The standard InChI is InChI=1S/C21H13Cl2N5O2S/c1-11-25-26-21-28(11)27-20(31-21)12-2-5-14(6-3-12)24-19(29)18-9-8-17(30-18)15-10-13(22)4-7-16(15)23/h2-10H,1H3,(H,24,29). The van der Waals surface area contributed by atoms with Crippen molar-refractivity contribution in [1.29, 1.82) is 0 Å². The van der Waals surface area contributed by atoms with Gasteiger partial charge in [0.15, 0.2) is 11.6 Å². The number of aryl methyl sites for hydroxylation is 1. The normalized spacial score (nSPS) is 11.2. The van der Waals surface area contributed by atoms with Gasteiger partial charge in [0.2, 0.25) is 4.96 Å². The Morgan fingerprint density at radius 1 is 1.06 bits per heavy atom. The quantitative estimate of drug-likeness (QED) is 0.349. The summed E-state index contributed by atoms with van der Waals surface area (Å²) in [6.07, 6.45) is 0. The van der Waals surface area contributed by atoms with Crippen LogP contribution in [-0.2, 0) is 0 Å². The molecule has 10 heteroatoms. The Kier molecular flexibility index (Phi) is 4.97. The fourth-order valence-electron chi connectivity index (χ4n) is 3.01. The van der Waals surface area contributed by atoms with Crippen LogP contribution in [0, 0.1) is 6.92 Å². The lowest BCUT2D eigenvalue weighted by atomic mass is 10.2. The number of anilines is 1. The van der Waals surface area contributed by atoms with Crippen molar-refractivity contribution in [1.82, 2.24) is 19.8 Å². The van der Waals surface area contributed by atoms with Crippen molar-refractivity contribution in [3.05, 3.63) is 76.2 Å². The summed E-state index contributed by atoms with van der Waals surface area (Å²) in [6, 6.07) is 15.7. The molecule has 5 rings (SSSR count). The zero-order valence-corrected chi connectivity index (χ0v) is 18.3. The van der Waals surface area contributed by atoms with Gasteiger partial charge in [0.25, 0.3) is 5.91 Å². The number of nitrogens with zero attached hydrogens (tertiary/aromatic N) is 4. The maximum absolute atomic E-state index is 12.6. The molecule has 3 heterocycles. The minimum absolute atomic E-state index is 0.166. The number of carbonyl (C=O) groups is 1. The molecule has 0 fully saturated rings. The van der Waals surface area contributed by atoms with Crippen molar-refractivity contribution >= 4 is 51.1 Å². The average molecular weight is 470 g/mol. The first kappa shape index (κ1) is 19.7. The Hall–Kier alpha value is -3.20. The van der Waals surface area contributed by atoms with E-state index < -0.39 is 0 Å². The number of hydrogen-bond acceptors (Lipinski definition) is 6. The number of carbonyl (C=O) groups excluding carboxylic acids is 1. The zero-order chi connectivity index (χ0) is 21.5. The Balaban J connectivity index is 1.32. The number of aromatic nitrogens is 4. The molecule has 0 bridgehead atoms. The second-order valence-electron chi connectivity index (χ2n) is 6.67. The first-order chi connectivity index (χ1) is 15.0. The minimum Gasteiger partial charge on any atom is -0.451 e. The van der Waals surface area contributed by atoms with E-state index in [-0.39, 0.29) is 11.7 Å². The highest BCUT2D eigenvalue weighted by molar-refractivity contribution is 7.19. The molecule has 0 spiro atoms. The van der Waals surface area contributed by atoms with Crippen LogP contribution in [0.1, 0.15) is 16.4 Å². The van der Waals surface area contributed by atoms with Crippen LogP contribution in [-0.4, -0.2) is 25.7 Å². The maximum Gasteiger partial charge on any atom is 0.291 e. The number of nitrogens with one attached hydrogen (secondary N) is 1. The first-order valence-corrected chi connectivity index (χ1v) is 10.7. The van der Waals surface area contributed by atoms with Gasteiger partial charge in [-0.15, -0.1) is 10.2 Å². The second-order valence-corrected chi connectivity index (χ2v) is 8.47. The molecule has 0 atom stereocenters. The highest BCUT2D eigenvalue weighted by atomic mass is 35.5. The van der Waals surface area contributed by atoms with Gasteiger partial charge in [0.1, 0.15) is 10.8 Å². The third-order valence-electron chi connectivity index (χ3n) is 4.56. The fourth-order valence-corrected chi connectivity index (χ4v) is 4.28. The molecule has 0 aliphatic rings. The molecule has 0 saturated heterocycles. The van der Waals surface area contributed by atoms with Crippen LogP contribution in [0.4, 0.5) is 5.69 Å². The number of rotatable bonds is 4. The van der Waals surface area contributed by atoms with E-state index in [4.69, 9.17) is 27.6 Å². The van der Waals surface area contributed by atoms with Gasteiger partial charge in [-0.25, -0.2) is 0 Å². The van der Waals surface area contributed by atoms with Crippen LogP contribution in [0.25, 0.3) is 26.9 Å². The third-order valence-corrected chi connectivity index (χ3v) is 6.07. The van der Waals surface area contributed by atoms with Crippen LogP contribution in [0.5, 0.6) is 0 Å². The summed E-state index contributed by atoms with van der Waals surface area (Å²) in [5.41, 5.74) is 2.17. The Labute approximate surface area is 190 Å². The summed E-state index contributed by atoms with van der Waals surface area (Å²) in [5.74, 6) is 0.996. The molecule has 0 aliphatic heterocycles. The maximum atomic E-state index is 12.6. The molecular weight excluding hydrogens is 457 g/mol. The lowest BCUT2D eigenvalue weighted by molar-refractivity contribution is 0.0997. The molecule has 154 valence electrons. The smallest absolute Gasteiger partial charge is 0.291 e. The van der Waals surface area contributed by atoms with E-state index in [1.165, 1.54) is 11.3 Å². The van der Waals surface area contributed by atoms with E-state index in [9.17, 15) is 4.79 Å². The summed E-state index contributed by atoms with van der Waals surface area (Å²) in [4.78, 5) is 13.3. The third kappa shape index (κ3) is 3.81. The topological polar surface area (TPSA) is 85.3 Å². The Bertz CT molecular complexity index is 1420. The molecule has 0 saturated carbocycles. The monoisotopic (exact) mass is 469 g/mol. The van der Waals surface area contributed by atoms with Crippen LogP contribution in [0.3, 0.4) is 0 Å². The first-order valence-electron chi connectivity index (χ1n) is 9.14. The van der Waals surface area contributed by atoms with Gasteiger partial charge in [0, 0.05) is 21.8 Å². The molecule has 3 aromatic heterocycles. The van der Waals surface area contributed by atoms with Gasteiger partial charge in [0.05, 0.1) is 5.02 Å². The Morgan fingerprint density at radius 3 is 2.65 bits per heavy atom. The lowest BCUT2D eigenvalue weighted by Gasteiger charge is -2.04. The molecule has 31 heavy (non-hydrogen) atoms. The SMILES string of the molecule is Cc1nnc2sc(-c3ccc(NC(=O)c4ccc(-c5cc(Cl)ccc5Cl)o4)cc3)nn12. The Morgan fingerprint density at radius 2 is 1.87 bits per heavy atom. The molecule has 7 nitrogen and oxygen atoms in total. The number of hydrogen-bond donors (Lipinski definition) is 1. The number of amides is 1. The van der Waals surface area contributed by atoms with E-state index in [1.54, 1.807) is 47.0 Å². The highest BCUT2D eigenvalue weighted by Gasteiger charge is 2.15. The number of halogens is 2. The molecule has 0 radical (unpaired) electrons. The summed E-state index contributed by atoms with van der Waals surface area (Å²) in [6.45, 7) is 1.85. The molecular formula is C21H13Cl2N5O2S. The van der Waals surface area contributed by atoms with Gasteiger partial charge in [-0.1, -0.05) is 34.5 Å². The average Bonchev–Trinajstić information content (AvgIpc) is 3.48. The van der Waals surface area contributed by atoms with Gasteiger partial charge in [-0.3, -0.25) is 4.79 Å². The number of benzene rings is 2. The molecule has 2 aromatic carbocycles. The minimum atomic E-state index is -0.369. The van der Waals surface area contributed by atoms with Crippen molar-refractivity contribution in [2.24, 2.45) is 0 Å². The second kappa shape index (κ2) is 7.81. The van der Waals surface area contributed by atoms with Crippen LogP contribution in [0.15, 0.2) is 59.0 Å². The summed E-state index contributed by atoms with van der Waals surface area (Å²) < 4.78 is 7.39. The van der Waals surface area contributed by atoms with Crippen molar-refractivity contribution in [3.63, 3.8) is 0 Å². The van der Waals surface area contributed by atoms with Crippen molar-refractivity contribution in [2.45, 2.75) is 6.92 Å². The van der Waals surface area contributed by atoms with E-state index in [0.717, 1.165) is 21.4 Å². The van der Waals surface area contributed by atoms with E-state index in [1.807, 2.05) is 19.1 Å². The largest absolute Gasteiger partial charge is 0.451 e. The summed E-state index contributed by atoms with van der Waals surface area (Å²) in [5, 5.41) is 17.2. The van der Waals surface area contributed by atoms with E-state index in [2.05, 4.69) is 20.6 Å². The van der Waals surface area contributed by atoms with Gasteiger partial charge < -0.3 is 9.73 Å². The van der Waals surface area contributed by atoms with Gasteiger partial charge in [-0.05, 0) is 61.5 Å². The van der Waals surface area contributed by atoms with Crippen molar-refractivity contribution < 1.29 is 9.21 Å². The predicted molar refractivity (Wildman–Crippen MR) is 121 cm³/mol. The van der Waals surface area contributed by atoms with Crippen LogP contribution < -0.4 is 5.32 Å². The summed E-state index contributed by atoms with van der Waals surface area (Å²) >= 11 is 13.7. The van der Waals surface area contributed by atoms with Crippen molar-refractivity contribution in [3.8, 4) is 21.9 Å². The summed E-state index contributed by atoms with van der Waals surface area (Å²) in [7, 11) is 0.